The maximum Gasteiger partial charge on any atom is 0.221 e. The number of amides is 1. The van der Waals surface area contributed by atoms with Crippen molar-refractivity contribution in [3.63, 3.8) is 0 Å². The van der Waals surface area contributed by atoms with Crippen molar-refractivity contribution in [2.75, 3.05) is 0 Å². The third kappa shape index (κ3) is 3.85. The third-order valence-corrected chi connectivity index (χ3v) is 2.88. The Morgan fingerprint density at radius 3 is 2.23 bits per heavy atom. The summed E-state index contributed by atoms with van der Waals surface area (Å²) in [4.78, 5) is 23.4. The quantitative estimate of drug-likeness (QED) is 0.695. The van der Waals surface area contributed by atoms with Crippen LogP contribution in [-0.4, -0.2) is 11.7 Å². The second-order valence-corrected chi connectivity index (χ2v) is 4.60. The topological polar surface area (TPSA) is 46.2 Å². The smallest absolute Gasteiger partial charge is 0.221 e. The lowest BCUT2D eigenvalue weighted by Gasteiger charge is -2.08. The number of benzene rings is 2. The summed E-state index contributed by atoms with van der Waals surface area (Å²) in [5, 5.41) is 2.56. The van der Waals surface area contributed by atoms with Gasteiger partial charge in [0.25, 0.3) is 0 Å². The van der Waals surface area contributed by atoms with E-state index in [0.29, 0.717) is 11.3 Å². The van der Waals surface area contributed by atoms with Gasteiger partial charge >= 0.3 is 0 Å². The van der Waals surface area contributed by atoms with Crippen molar-refractivity contribution in [1.82, 2.24) is 5.32 Å². The van der Waals surface area contributed by atoms with Crippen LogP contribution in [0.1, 0.15) is 22.8 Å². The van der Waals surface area contributed by atoms with Gasteiger partial charge in [0.2, 0.25) is 5.91 Å². The van der Waals surface area contributed by atoms with Crippen LogP contribution in [0.5, 0.6) is 0 Å². The average molecular weight is 301 g/mol. The highest BCUT2D eigenvalue weighted by Crippen LogP contribution is 2.15. The molecule has 112 valence electrons. The molecule has 0 saturated heterocycles. The van der Waals surface area contributed by atoms with Gasteiger partial charge in [0.15, 0.2) is 17.4 Å². The SMILES string of the molecule is CC(=O)N/C(=C\C(=O)c1ccc(F)c(F)c1)c1ccccc1. The second-order valence-electron chi connectivity index (χ2n) is 4.60. The first-order valence-electron chi connectivity index (χ1n) is 6.51. The number of carbonyl (C=O) groups is 2. The highest BCUT2D eigenvalue weighted by Gasteiger charge is 2.11. The molecule has 0 bridgehead atoms. The Hall–Kier alpha value is -2.82. The normalized spacial score (nSPS) is 11.1. The van der Waals surface area contributed by atoms with Crippen LogP contribution in [0.15, 0.2) is 54.6 Å². The van der Waals surface area contributed by atoms with Gasteiger partial charge in [0.05, 0.1) is 5.70 Å². The standard InChI is InChI=1S/C17H13F2NO2/c1-11(21)20-16(12-5-3-2-4-6-12)10-17(22)13-7-8-14(18)15(19)9-13/h2-10H,1H3,(H,20,21)/b16-10-. The molecule has 0 heterocycles. The highest BCUT2D eigenvalue weighted by molar-refractivity contribution is 6.09. The minimum absolute atomic E-state index is 0.00215. The van der Waals surface area contributed by atoms with Gasteiger partial charge in [-0.25, -0.2) is 8.78 Å². The van der Waals surface area contributed by atoms with E-state index in [1.54, 1.807) is 30.3 Å². The van der Waals surface area contributed by atoms with Crippen molar-refractivity contribution < 1.29 is 18.4 Å². The Morgan fingerprint density at radius 2 is 1.64 bits per heavy atom. The Bertz CT molecular complexity index is 740. The fourth-order valence-corrected chi connectivity index (χ4v) is 1.86. The number of hydrogen-bond donors (Lipinski definition) is 1. The first-order valence-corrected chi connectivity index (χ1v) is 6.51. The number of hydrogen-bond acceptors (Lipinski definition) is 2. The molecule has 1 amide bonds. The van der Waals surface area contributed by atoms with E-state index < -0.39 is 17.4 Å². The van der Waals surface area contributed by atoms with Crippen molar-refractivity contribution in [2.24, 2.45) is 0 Å². The third-order valence-electron chi connectivity index (χ3n) is 2.88. The van der Waals surface area contributed by atoms with Crippen LogP contribution in [0.2, 0.25) is 0 Å². The van der Waals surface area contributed by atoms with Crippen molar-refractivity contribution in [3.8, 4) is 0 Å². The van der Waals surface area contributed by atoms with E-state index in [2.05, 4.69) is 5.32 Å². The monoisotopic (exact) mass is 301 g/mol. The molecule has 0 aliphatic rings. The fraction of sp³-hybridized carbons (Fsp3) is 0.0588. The Balaban J connectivity index is 2.37. The van der Waals surface area contributed by atoms with Crippen LogP contribution in [0.4, 0.5) is 8.78 Å². The zero-order valence-electron chi connectivity index (χ0n) is 11.8. The minimum Gasteiger partial charge on any atom is -0.326 e. The number of ketones is 1. The molecule has 0 atom stereocenters. The summed E-state index contributed by atoms with van der Waals surface area (Å²) in [6, 6.07) is 11.7. The van der Waals surface area contributed by atoms with Gasteiger partial charge in [-0.1, -0.05) is 30.3 Å². The largest absolute Gasteiger partial charge is 0.326 e. The lowest BCUT2D eigenvalue weighted by atomic mass is 10.1. The van der Waals surface area contributed by atoms with Crippen LogP contribution in [0.25, 0.3) is 5.70 Å². The number of halogens is 2. The van der Waals surface area contributed by atoms with E-state index in [9.17, 15) is 18.4 Å². The summed E-state index contributed by atoms with van der Waals surface area (Å²) in [5.74, 6) is -2.99. The van der Waals surface area contributed by atoms with Crippen molar-refractivity contribution in [3.05, 3.63) is 77.4 Å². The fourth-order valence-electron chi connectivity index (χ4n) is 1.86. The molecule has 0 aliphatic heterocycles. The molecule has 0 unspecified atom stereocenters. The summed E-state index contributed by atoms with van der Waals surface area (Å²) in [7, 11) is 0. The van der Waals surface area contributed by atoms with Crippen LogP contribution >= 0.6 is 0 Å². The lowest BCUT2D eigenvalue weighted by molar-refractivity contribution is -0.117. The predicted molar refractivity (Wildman–Crippen MR) is 78.9 cm³/mol. The first-order chi connectivity index (χ1) is 10.5. The average Bonchev–Trinajstić information content (AvgIpc) is 2.49. The molecule has 0 radical (unpaired) electrons. The molecular formula is C17H13F2NO2. The van der Waals surface area contributed by atoms with E-state index in [1.165, 1.54) is 19.1 Å². The summed E-state index contributed by atoms with van der Waals surface area (Å²) in [6.45, 7) is 1.32. The highest BCUT2D eigenvalue weighted by atomic mass is 19.2. The lowest BCUT2D eigenvalue weighted by Crippen LogP contribution is -2.19. The van der Waals surface area contributed by atoms with Crippen molar-refractivity contribution in [2.45, 2.75) is 6.92 Å². The maximum atomic E-state index is 13.2. The first kappa shape index (κ1) is 15.6. The molecule has 0 aliphatic carbocycles. The molecular weight excluding hydrogens is 288 g/mol. The van der Waals surface area contributed by atoms with Gasteiger partial charge < -0.3 is 5.32 Å². The summed E-state index contributed by atoms with van der Waals surface area (Å²) >= 11 is 0. The zero-order valence-corrected chi connectivity index (χ0v) is 11.8. The molecule has 0 fully saturated rings. The Labute approximate surface area is 126 Å². The number of allylic oxidation sites excluding steroid dienone is 1. The van der Waals surface area contributed by atoms with Crippen LogP contribution < -0.4 is 5.32 Å². The molecule has 1 N–H and O–H groups in total. The predicted octanol–water partition coefficient (Wildman–Crippen LogP) is 3.32. The van der Waals surface area contributed by atoms with Crippen molar-refractivity contribution >= 4 is 17.4 Å². The summed E-state index contributed by atoms with van der Waals surface area (Å²) < 4.78 is 26.1. The van der Waals surface area contributed by atoms with Gasteiger partial charge in [-0.3, -0.25) is 9.59 Å². The van der Waals surface area contributed by atoms with Crippen LogP contribution in [0.3, 0.4) is 0 Å². The Morgan fingerprint density at radius 1 is 0.955 bits per heavy atom. The van der Waals surface area contributed by atoms with Gasteiger partial charge in [-0.05, 0) is 23.8 Å². The summed E-state index contributed by atoms with van der Waals surface area (Å²) in [5.41, 5.74) is 0.925. The van der Waals surface area contributed by atoms with Crippen LogP contribution in [-0.2, 0) is 4.79 Å². The van der Waals surface area contributed by atoms with Gasteiger partial charge in [-0.15, -0.1) is 0 Å². The number of rotatable bonds is 4. The molecule has 5 heteroatoms. The maximum absolute atomic E-state index is 13.2. The van der Waals surface area contributed by atoms with Crippen molar-refractivity contribution in [1.29, 1.82) is 0 Å². The van der Waals surface area contributed by atoms with E-state index in [4.69, 9.17) is 0 Å². The molecule has 22 heavy (non-hydrogen) atoms. The second kappa shape index (κ2) is 6.76. The number of carbonyl (C=O) groups excluding carboxylic acids is 2. The molecule has 0 spiro atoms. The van der Waals surface area contributed by atoms with E-state index >= 15 is 0 Å². The van der Waals surface area contributed by atoms with Gasteiger partial charge in [-0.2, -0.15) is 0 Å². The molecule has 3 nitrogen and oxygen atoms in total. The number of nitrogens with one attached hydrogen (secondary N) is 1. The zero-order chi connectivity index (χ0) is 16.1. The van der Waals surface area contributed by atoms with E-state index in [-0.39, 0.29) is 11.5 Å². The molecule has 2 aromatic carbocycles. The van der Waals surface area contributed by atoms with Crippen LogP contribution in [0, 0.1) is 11.6 Å². The van der Waals surface area contributed by atoms with Gasteiger partial charge in [0.1, 0.15) is 0 Å². The molecule has 2 rings (SSSR count). The van der Waals surface area contributed by atoms with E-state index in [1.807, 2.05) is 0 Å². The molecule has 0 saturated carbocycles. The summed E-state index contributed by atoms with van der Waals surface area (Å²) in [6.07, 6.45) is 1.18. The molecule has 2 aromatic rings. The van der Waals surface area contributed by atoms with Gasteiger partial charge in [0, 0.05) is 18.6 Å². The minimum atomic E-state index is -1.10. The Kier molecular flexibility index (Phi) is 4.78. The van der Waals surface area contributed by atoms with E-state index in [0.717, 1.165) is 12.1 Å². The molecule has 0 aromatic heterocycles.